The molecule has 8 aromatic rings. The Morgan fingerprint density at radius 1 is 0.652 bits per heavy atom. The minimum atomic E-state index is -0.350. The van der Waals surface area contributed by atoms with E-state index in [9.17, 15) is 19.5 Å². The SMILES string of the molecule is COc1cc(C=O)c(OCc2ccc(COc3cncc(OCc4cccnc4-c4ccnn4C(C)Cc4ncc(OCc5ccccc5)c(C=O)c4O)c3C=O)nc2-c2ncnn2C(C)C)cn1. The summed E-state index contributed by atoms with van der Waals surface area (Å²) in [5, 5.41) is 20.1. The van der Waals surface area contributed by atoms with E-state index in [4.69, 9.17) is 28.7 Å². The molecule has 0 saturated carbocycles. The topological polar surface area (TPSA) is 231 Å². The van der Waals surface area contributed by atoms with Gasteiger partial charge in [0.05, 0.1) is 66.3 Å². The van der Waals surface area contributed by atoms with Crippen LogP contribution in [0.15, 0.2) is 110 Å². The molecule has 19 nitrogen and oxygen atoms in total. The summed E-state index contributed by atoms with van der Waals surface area (Å²) in [4.78, 5) is 63.6. The zero-order chi connectivity index (χ0) is 48.3. The number of carbonyl (C=O) groups excluding carboxylic acids is 3. The van der Waals surface area contributed by atoms with Crippen LogP contribution in [0.3, 0.4) is 0 Å². The van der Waals surface area contributed by atoms with Gasteiger partial charge in [0, 0.05) is 42.0 Å². The summed E-state index contributed by atoms with van der Waals surface area (Å²) in [6, 6.07) is 19.6. The van der Waals surface area contributed by atoms with Gasteiger partial charge >= 0.3 is 0 Å². The Kier molecular flexibility index (Phi) is 14.6. The van der Waals surface area contributed by atoms with E-state index in [2.05, 4.69) is 35.1 Å². The first-order valence-corrected chi connectivity index (χ1v) is 21.7. The fourth-order valence-corrected chi connectivity index (χ4v) is 7.38. The minimum Gasteiger partial charge on any atom is -0.505 e. The Hall–Kier alpha value is -8.87. The number of aldehydes is 3. The smallest absolute Gasteiger partial charge is 0.213 e. The average molecular weight is 931 g/mol. The van der Waals surface area contributed by atoms with Crippen molar-refractivity contribution in [1.82, 2.24) is 49.5 Å². The lowest BCUT2D eigenvalue weighted by Gasteiger charge is -2.18. The Morgan fingerprint density at radius 2 is 1.36 bits per heavy atom. The molecule has 0 radical (unpaired) electrons. The number of hydrogen-bond donors (Lipinski definition) is 1. The molecule has 0 bridgehead atoms. The van der Waals surface area contributed by atoms with E-state index in [1.54, 1.807) is 33.9 Å². The molecule has 0 aliphatic rings. The molecule has 0 aliphatic carbocycles. The van der Waals surface area contributed by atoms with Crippen molar-refractivity contribution >= 4 is 18.9 Å². The van der Waals surface area contributed by atoms with Gasteiger partial charge in [0.2, 0.25) is 5.88 Å². The maximum Gasteiger partial charge on any atom is 0.213 e. The van der Waals surface area contributed by atoms with E-state index in [-0.39, 0.29) is 96.2 Å². The number of ether oxygens (including phenoxy) is 5. The number of rotatable bonds is 22. The van der Waals surface area contributed by atoms with Gasteiger partial charge in [-0.15, -0.1) is 0 Å². The van der Waals surface area contributed by atoms with Crippen molar-refractivity contribution in [2.45, 2.75) is 65.7 Å². The monoisotopic (exact) mass is 930 g/mol. The van der Waals surface area contributed by atoms with E-state index in [0.29, 0.717) is 64.3 Å². The Morgan fingerprint density at radius 3 is 2.10 bits per heavy atom. The quantitative estimate of drug-likeness (QED) is 0.0644. The van der Waals surface area contributed by atoms with E-state index < -0.39 is 0 Å². The molecule has 350 valence electrons. The molecule has 0 fully saturated rings. The van der Waals surface area contributed by atoms with Gasteiger partial charge in [-0.3, -0.25) is 34.0 Å². The molecule has 19 heteroatoms. The molecule has 1 N–H and O–H groups in total. The summed E-state index contributed by atoms with van der Waals surface area (Å²) in [6.07, 6.45) is 12.5. The average Bonchev–Trinajstić information content (AvgIpc) is 4.09. The van der Waals surface area contributed by atoms with Crippen LogP contribution in [0.5, 0.6) is 34.6 Å². The number of aromatic hydroxyl groups is 1. The molecule has 0 spiro atoms. The zero-order valence-electron chi connectivity index (χ0n) is 38.0. The van der Waals surface area contributed by atoms with Crippen molar-refractivity contribution in [3.05, 3.63) is 155 Å². The highest BCUT2D eigenvalue weighted by Gasteiger charge is 2.23. The standard InChI is InChI=1S/C50H46N10O9/c1-31(2)59-50(55-30-57-59)48-35(28-67-42-21-54-46(65-4)18-36(42)23-61)12-13-37(58-48)29-69-44-20-51-19-43(38(44)24-62)68-27-34-11-8-15-52-47(34)41-14-16-56-60(41)32(3)17-40-49(64)39(25-63)45(22-53-40)66-26-33-9-6-5-7-10-33/h5-16,18-25,30-32,64H,17,26-29H2,1-4H3. The van der Waals surface area contributed by atoms with E-state index in [0.717, 1.165) is 5.56 Å². The van der Waals surface area contributed by atoms with Crippen LogP contribution in [0.2, 0.25) is 0 Å². The van der Waals surface area contributed by atoms with Crippen molar-refractivity contribution in [3.8, 4) is 57.5 Å². The summed E-state index contributed by atoms with van der Waals surface area (Å²) >= 11 is 0. The normalized spacial score (nSPS) is 11.5. The van der Waals surface area contributed by atoms with Gasteiger partial charge in [0.25, 0.3) is 0 Å². The van der Waals surface area contributed by atoms with Crippen LogP contribution in [0.4, 0.5) is 0 Å². The molecule has 1 atom stereocenters. The number of carbonyl (C=O) groups is 3. The Bertz CT molecular complexity index is 3090. The summed E-state index contributed by atoms with van der Waals surface area (Å²) in [7, 11) is 1.46. The molecule has 0 saturated heterocycles. The van der Waals surface area contributed by atoms with Crippen molar-refractivity contribution in [1.29, 1.82) is 0 Å². The minimum absolute atomic E-state index is 0.00387. The van der Waals surface area contributed by atoms with E-state index >= 15 is 0 Å². The number of pyridine rings is 5. The van der Waals surface area contributed by atoms with Crippen molar-refractivity contribution in [2.24, 2.45) is 0 Å². The van der Waals surface area contributed by atoms with Crippen LogP contribution >= 0.6 is 0 Å². The lowest BCUT2D eigenvalue weighted by atomic mass is 10.1. The third kappa shape index (κ3) is 10.6. The van der Waals surface area contributed by atoms with Crippen LogP contribution in [0.1, 0.15) is 92.0 Å². The second-order valence-electron chi connectivity index (χ2n) is 15.8. The lowest BCUT2D eigenvalue weighted by molar-refractivity contribution is 0.110. The van der Waals surface area contributed by atoms with Gasteiger partial charge in [-0.2, -0.15) is 10.2 Å². The maximum atomic E-state index is 12.7. The van der Waals surface area contributed by atoms with Crippen LogP contribution in [0, 0.1) is 0 Å². The first kappa shape index (κ1) is 46.7. The first-order valence-electron chi connectivity index (χ1n) is 21.7. The maximum absolute atomic E-state index is 12.7. The van der Waals surface area contributed by atoms with Crippen LogP contribution < -0.4 is 23.7 Å². The summed E-state index contributed by atoms with van der Waals surface area (Å²) in [5.74, 6) is 1.29. The molecule has 69 heavy (non-hydrogen) atoms. The fourth-order valence-electron chi connectivity index (χ4n) is 7.38. The second-order valence-corrected chi connectivity index (χ2v) is 15.8. The van der Waals surface area contributed by atoms with Crippen LogP contribution in [-0.4, -0.2) is 80.5 Å². The zero-order valence-corrected chi connectivity index (χ0v) is 38.0. The first-order chi connectivity index (χ1) is 33.7. The third-order valence-corrected chi connectivity index (χ3v) is 10.9. The summed E-state index contributed by atoms with van der Waals surface area (Å²) in [6.45, 7) is 6.02. The predicted molar refractivity (Wildman–Crippen MR) is 248 cm³/mol. The highest BCUT2D eigenvalue weighted by atomic mass is 16.5. The lowest BCUT2D eigenvalue weighted by Crippen LogP contribution is -2.14. The number of aromatic nitrogens is 10. The largest absolute Gasteiger partial charge is 0.505 e. The van der Waals surface area contributed by atoms with Crippen molar-refractivity contribution < 1.29 is 43.2 Å². The summed E-state index contributed by atoms with van der Waals surface area (Å²) in [5.41, 5.74) is 5.15. The molecule has 1 aromatic carbocycles. The highest BCUT2D eigenvalue weighted by Crippen LogP contribution is 2.34. The van der Waals surface area contributed by atoms with Gasteiger partial charge in [0.1, 0.15) is 55.3 Å². The number of hydrogen-bond acceptors (Lipinski definition) is 17. The molecule has 0 aliphatic heterocycles. The van der Waals surface area contributed by atoms with Crippen LogP contribution in [0.25, 0.3) is 22.9 Å². The number of methoxy groups -OCH3 is 1. The van der Waals surface area contributed by atoms with E-state index in [1.807, 2.05) is 69.3 Å². The molecule has 8 rings (SSSR count). The predicted octanol–water partition coefficient (Wildman–Crippen LogP) is 7.64. The van der Waals surface area contributed by atoms with Gasteiger partial charge in [0.15, 0.2) is 47.7 Å². The Labute approximate surface area is 395 Å². The Balaban J connectivity index is 0.969. The molecular formula is C50H46N10O9. The molecule has 7 aromatic heterocycles. The van der Waals surface area contributed by atoms with Gasteiger partial charge in [-0.25, -0.2) is 19.6 Å². The molecule has 0 amide bonds. The number of nitrogens with zero attached hydrogens (tertiary/aromatic N) is 10. The number of benzene rings is 1. The highest BCUT2D eigenvalue weighted by molar-refractivity contribution is 5.84. The third-order valence-electron chi connectivity index (χ3n) is 10.9. The van der Waals surface area contributed by atoms with Gasteiger partial charge in [-0.1, -0.05) is 42.5 Å². The van der Waals surface area contributed by atoms with Gasteiger partial charge < -0.3 is 28.8 Å². The fraction of sp³-hybridized carbons (Fsp3) is 0.220. The molecule has 7 heterocycles. The van der Waals surface area contributed by atoms with Crippen LogP contribution in [-0.2, 0) is 32.8 Å². The van der Waals surface area contributed by atoms with Gasteiger partial charge in [-0.05, 0) is 44.5 Å². The van der Waals surface area contributed by atoms with Crippen molar-refractivity contribution in [2.75, 3.05) is 7.11 Å². The van der Waals surface area contributed by atoms with E-state index in [1.165, 1.54) is 44.3 Å². The second kappa shape index (κ2) is 21.6. The van der Waals surface area contributed by atoms with Crippen molar-refractivity contribution in [3.63, 3.8) is 0 Å². The summed E-state index contributed by atoms with van der Waals surface area (Å²) < 4.78 is 32.9. The molecular weight excluding hydrogens is 885 g/mol. The molecule has 1 unspecified atom stereocenters.